The van der Waals surface area contributed by atoms with Crippen LogP contribution in [0.3, 0.4) is 0 Å². The van der Waals surface area contributed by atoms with Crippen molar-refractivity contribution in [1.82, 2.24) is 14.8 Å². The molecule has 2 aromatic carbocycles. The van der Waals surface area contributed by atoms with Crippen LogP contribution < -0.4 is 9.47 Å². The number of benzene rings is 2. The number of nitrogens with zero attached hydrogens (tertiary/aromatic N) is 3. The number of pyridine rings is 1. The molecule has 40 heavy (non-hydrogen) atoms. The molecule has 4 aromatic rings. The Kier molecular flexibility index (Phi) is 9.39. The normalized spacial score (nSPS) is 12.4. The Hall–Kier alpha value is -4.38. The smallest absolute Gasteiger partial charge is 0.130 e. The van der Waals surface area contributed by atoms with E-state index in [1.54, 1.807) is 13.3 Å². The maximum atomic E-state index is 5.87. The van der Waals surface area contributed by atoms with Gasteiger partial charge in [0.2, 0.25) is 0 Å². The van der Waals surface area contributed by atoms with Crippen molar-refractivity contribution in [2.75, 3.05) is 7.11 Å². The molecule has 0 bridgehead atoms. The molecule has 0 N–H and O–H groups in total. The topological polar surface area (TPSA) is 49.2 Å². The Morgan fingerprint density at radius 2 is 1.75 bits per heavy atom. The predicted molar refractivity (Wildman–Crippen MR) is 167 cm³/mol. The van der Waals surface area contributed by atoms with E-state index in [0.717, 1.165) is 40.6 Å². The Morgan fingerprint density at radius 3 is 2.50 bits per heavy atom. The molecule has 0 aliphatic heterocycles. The molecule has 0 unspecified atom stereocenters. The first-order valence-electron chi connectivity index (χ1n) is 13.6. The zero-order valence-corrected chi connectivity index (χ0v) is 24.4. The molecule has 5 rings (SSSR count). The quantitative estimate of drug-likeness (QED) is 0.228. The van der Waals surface area contributed by atoms with Gasteiger partial charge in [-0.05, 0) is 77.1 Å². The van der Waals surface area contributed by atoms with Crippen LogP contribution in [0.2, 0.25) is 0 Å². The molecule has 1 aliphatic rings. The van der Waals surface area contributed by atoms with Gasteiger partial charge in [0, 0.05) is 24.9 Å². The molecule has 2 aromatic heterocycles. The number of methoxy groups -OCH3 is 1. The summed E-state index contributed by atoms with van der Waals surface area (Å²) in [6.07, 6.45) is 15.4. The lowest BCUT2D eigenvalue weighted by atomic mass is 10.0. The first-order chi connectivity index (χ1) is 19.2. The summed E-state index contributed by atoms with van der Waals surface area (Å²) in [6.45, 7) is 9.16. The van der Waals surface area contributed by atoms with Gasteiger partial charge in [-0.3, -0.25) is 9.67 Å². The highest BCUT2D eigenvalue weighted by molar-refractivity contribution is 5.75. The molecule has 2 heterocycles. The summed E-state index contributed by atoms with van der Waals surface area (Å²) in [6, 6.07) is 20.2. The maximum Gasteiger partial charge on any atom is 0.130 e. The van der Waals surface area contributed by atoms with E-state index in [9.17, 15) is 0 Å². The first-order valence-corrected chi connectivity index (χ1v) is 13.6. The highest BCUT2D eigenvalue weighted by Gasteiger charge is 2.07. The third kappa shape index (κ3) is 8.57. The van der Waals surface area contributed by atoms with E-state index in [0.29, 0.717) is 12.0 Å². The molecule has 0 spiro atoms. The third-order valence-corrected chi connectivity index (χ3v) is 5.94. The number of hydrogen-bond donors (Lipinski definition) is 0. The molecule has 5 heteroatoms. The average molecular weight is 534 g/mol. The second-order valence-electron chi connectivity index (χ2n) is 11.4. The fourth-order valence-electron chi connectivity index (χ4n) is 4.04. The molecule has 0 saturated carbocycles. The van der Waals surface area contributed by atoms with Crippen LogP contribution in [0, 0.1) is 5.41 Å². The Morgan fingerprint density at radius 1 is 0.925 bits per heavy atom. The number of allylic oxidation sites excluding steroid dienone is 1. The van der Waals surface area contributed by atoms with E-state index in [-0.39, 0.29) is 0 Å². The molecule has 5 nitrogen and oxygen atoms in total. The van der Waals surface area contributed by atoms with E-state index in [4.69, 9.17) is 9.47 Å². The minimum Gasteiger partial charge on any atom is -0.496 e. The lowest BCUT2D eigenvalue weighted by Gasteiger charge is -2.09. The highest BCUT2D eigenvalue weighted by atomic mass is 16.5. The van der Waals surface area contributed by atoms with E-state index >= 15 is 0 Å². The van der Waals surface area contributed by atoms with Crippen molar-refractivity contribution in [3.05, 3.63) is 112 Å². The molecule has 0 saturated heterocycles. The molecular formula is C35H39N3O2. The molecule has 0 atom stereocenters. The fourth-order valence-corrected chi connectivity index (χ4v) is 4.04. The van der Waals surface area contributed by atoms with Crippen LogP contribution in [0.5, 0.6) is 11.5 Å². The first kappa shape index (κ1) is 28.6. The average Bonchev–Trinajstić information content (AvgIpc) is 3.54. The van der Waals surface area contributed by atoms with Crippen LogP contribution in [-0.4, -0.2) is 21.9 Å². The summed E-state index contributed by atoms with van der Waals surface area (Å²) in [5, 5.41) is 4.63. The molecule has 206 valence electrons. The van der Waals surface area contributed by atoms with Gasteiger partial charge in [0.15, 0.2) is 0 Å². The van der Waals surface area contributed by atoms with Crippen molar-refractivity contribution in [3.8, 4) is 11.5 Å². The SMILES string of the molecule is CC(C)(C)C.COc1cc(OCc2ccccn2)ccc1/C=C/c1cc(/C=C/c2ccc3c(c2)CC=C3)n(C)n1. The summed E-state index contributed by atoms with van der Waals surface area (Å²) in [7, 11) is 3.62. The molecule has 0 radical (unpaired) electrons. The van der Waals surface area contributed by atoms with Crippen LogP contribution in [0.25, 0.3) is 30.4 Å². The van der Waals surface area contributed by atoms with E-state index in [1.165, 1.54) is 16.7 Å². The van der Waals surface area contributed by atoms with Gasteiger partial charge in [-0.2, -0.15) is 5.10 Å². The van der Waals surface area contributed by atoms with Crippen LogP contribution in [-0.2, 0) is 20.1 Å². The van der Waals surface area contributed by atoms with Crippen LogP contribution in [0.15, 0.2) is 72.9 Å². The predicted octanol–water partition coefficient (Wildman–Crippen LogP) is 8.37. The van der Waals surface area contributed by atoms with Crippen molar-refractivity contribution < 1.29 is 9.47 Å². The molecule has 0 amide bonds. The van der Waals surface area contributed by atoms with Crippen molar-refractivity contribution in [3.63, 3.8) is 0 Å². The lowest BCUT2D eigenvalue weighted by molar-refractivity contribution is 0.299. The summed E-state index contributed by atoms with van der Waals surface area (Å²) >= 11 is 0. The van der Waals surface area contributed by atoms with Crippen LogP contribution in [0.1, 0.15) is 67.0 Å². The van der Waals surface area contributed by atoms with Crippen LogP contribution >= 0.6 is 0 Å². The largest absolute Gasteiger partial charge is 0.496 e. The number of fused-ring (bicyclic) bond motifs is 1. The second-order valence-corrected chi connectivity index (χ2v) is 11.4. The third-order valence-electron chi connectivity index (χ3n) is 5.94. The van der Waals surface area contributed by atoms with Crippen molar-refractivity contribution in [2.24, 2.45) is 12.5 Å². The summed E-state index contributed by atoms with van der Waals surface area (Å²) in [5.41, 5.74) is 8.13. The van der Waals surface area contributed by atoms with Gasteiger partial charge in [0.05, 0.1) is 24.2 Å². The van der Waals surface area contributed by atoms with Crippen LogP contribution in [0.4, 0.5) is 0 Å². The summed E-state index contributed by atoms with van der Waals surface area (Å²) < 4.78 is 13.3. The van der Waals surface area contributed by atoms with Gasteiger partial charge in [0.25, 0.3) is 0 Å². The Labute approximate surface area is 238 Å². The lowest BCUT2D eigenvalue weighted by Crippen LogP contribution is -1.98. The molecular weight excluding hydrogens is 494 g/mol. The minimum atomic E-state index is 0.408. The standard InChI is InChI=1S/C30H27N3O2.C5H12/c1-33-28(15-10-22-9-11-23-6-5-7-25(23)18-22)19-26(32-33)14-12-24-13-16-29(20-30(24)34-2)35-21-27-8-3-4-17-31-27;1-5(2,3)4/h3-6,8-20H,7,21H2,1-2H3;1-4H3/b14-12+,15-10+;. The molecule has 0 fully saturated rings. The zero-order chi connectivity index (χ0) is 28.5. The maximum absolute atomic E-state index is 5.87. The van der Waals surface area contributed by atoms with Gasteiger partial charge in [-0.15, -0.1) is 0 Å². The van der Waals surface area contributed by atoms with E-state index < -0.39 is 0 Å². The number of hydrogen-bond acceptors (Lipinski definition) is 4. The summed E-state index contributed by atoms with van der Waals surface area (Å²) in [4.78, 5) is 4.29. The Balaban J connectivity index is 0.000000681. The van der Waals surface area contributed by atoms with E-state index in [2.05, 4.69) is 86.3 Å². The van der Waals surface area contributed by atoms with Gasteiger partial charge < -0.3 is 9.47 Å². The van der Waals surface area contributed by atoms with Gasteiger partial charge in [0.1, 0.15) is 18.1 Å². The number of rotatable bonds is 8. The number of aryl methyl sites for hydroxylation is 1. The second kappa shape index (κ2) is 13.1. The fraction of sp³-hybridized carbons (Fsp3) is 0.257. The minimum absolute atomic E-state index is 0.408. The Bertz CT molecular complexity index is 1500. The molecule has 1 aliphatic carbocycles. The number of ether oxygens (including phenoxy) is 2. The number of aromatic nitrogens is 3. The summed E-state index contributed by atoms with van der Waals surface area (Å²) in [5.74, 6) is 1.47. The van der Waals surface area contributed by atoms with Crippen molar-refractivity contribution in [1.29, 1.82) is 0 Å². The van der Waals surface area contributed by atoms with E-state index in [1.807, 2.05) is 60.3 Å². The van der Waals surface area contributed by atoms with Crippen molar-refractivity contribution in [2.45, 2.75) is 40.7 Å². The zero-order valence-electron chi connectivity index (χ0n) is 24.4. The van der Waals surface area contributed by atoms with Gasteiger partial charge in [-0.1, -0.05) is 70.2 Å². The van der Waals surface area contributed by atoms with Gasteiger partial charge in [-0.25, -0.2) is 0 Å². The van der Waals surface area contributed by atoms with Crippen molar-refractivity contribution >= 4 is 30.4 Å². The van der Waals surface area contributed by atoms with Gasteiger partial charge >= 0.3 is 0 Å². The monoisotopic (exact) mass is 533 g/mol. The highest BCUT2D eigenvalue weighted by Crippen LogP contribution is 2.27.